The number of nitrogens with one attached hydrogen (secondary N) is 1. The summed E-state index contributed by atoms with van der Waals surface area (Å²) in [5, 5.41) is 29.1. The van der Waals surface area contributed by atoms with Gasteiger partial charge in [-0.2, -0.15) is 10.5 Å². The topological polar surface area (TPSA) is 125 Å². The summed E-state index contributed by atoms with van der Waals surface area (Å²) < 4.78 is 13.0. The molecule has 2 aromatic carbocycles. The molecule has 0 fully saturated rings. The molecule has 1 aromatic heterocycles. The molecular weight excluding hydrogens is 391 g/mol. The van der Waals surface area contributed by atoms with Crippen molar-refractivity contribution in [2.24, 2.45) is 0 Å². The number of benzene rings is 2. The van der Waals surface area contributed by atoms with E-state index in [-0.39, 0.29) is 34.2 Å². The third kappa shape index (κ3) is 4.18. The molecular formula is C21H14FN4O2S+. The van der Waals surface area contributed by atoms with Crippen LogP contribution in [0.4, 0.5) is 10.2 Å². The summed E-state index contributed by atoms with van der Waals surface area (Å²) in [4.78, 5) is 15.2. The zero-order chi connectivity index (χ0) is 21.0. The average molecular weight is 405 g/mol. The minimum Gasteiger partial charge on any atom is -0.508 e. The second-order valence-electron chi connectivity index (χ2n) is 5.98. The van der Waals surface area contributed by atoms with Gasteiger partial charge in [-0.15, -0.1) is 0 Å². The van der Waals surface area contributed by atoms with Crippen LogP contribution >= 0.6 is 11.8 Å². The van der Waals surface area contributed by atoms with Gasteiger partial charge in [0, 0.05) is 11.1 Å². The monoisotopic (exact) mass is 405 g/mol. The van der Waals surface area contributed by atoms with Crippen LogP contribution in [0.15, 0.2) is 53.6 Å². The summed E-state index contributed by atoms with van der Waals surface area (Å²) in [6.45, 7) is 0. The Balaban J connectivity index is 2.00. The van der Waals surface area contributed by atoms with Gasteiger partial charge >= 0.3 is 0 Å². The van der Waals surface area contributed by atoms with Crippen molar-refractivity contribution in [3.8, 4) is 29.0 Å². The normalized spacial score (nSPS) is 10.2. The van der Waals surface area contributed by atoms with Gasteiger partial charge in [0.15, 0.2) is 10.8 Å². The molecule has 0 bridgehead atoms. The van der Waals surface area contributed by atoms with Crippen molar-refractivity contribution in [1.29, 1.82) is 10.5 Å². The van der Waals surface area contributed by atoms with E-state index in [1.807, 2.05) is 6.07 Å². The van der Waals surface area contributed by atoms with Gasteiger partial charge in [-0.05, 0) is 42.0 Å². The van der Waals surface area contributed by atoms with Crippen molar-refractivity contribution in [3.63, 3.8) is 0 Å². The molecule has 3 rings (SSSR count). The largest absolute Gasteiger partial charge is 0.508 e. The molecule has 8 heteroatoms. The molecule has 6 nitrogen and oxygen atoms in total. The number of nitrogen functional groups attached to an aromatic ring is 1. The molecule has 0 saturated carbocycles. The Morgan fingerprint density at radius 1 is 1.07 bits per heavy atom. The van der Waals surface area contributed by atoms with Crippen LogP contribution in [0.2, 0.25) is 0 Å². The average Bonchev–Trinajstić information content (AvgIpc) is 2.72. The Bertz CT molecular complexity index is 1160. The van der Waals surface area contributed by atoms with Gasteiger partial charge in [0.25, 0.3) is 5.82 Å². The number of aromatic nitrogens is 1. The fourth-order valence-electron chi connectivity index (χ4n) is 2.73. The van der Waals surface area contributed by atoms with Crippen LogP contribution in [0.5, 0.6) is 5.75 Å². The lowest BCUT2D eigenvalue weighted by atomic mass is 9.97. The van der Waals surface area contributed by atoms with Gasteiger partial charge in [-0.3, -0.25) is 10.5 Å². The summed E-state index contributed by atoms with van der Waals surface area (Å²) >= 11 is 1.06. The number of aromatic hydroxyl groups is 1. The minimum atomic E-state index is -0.437. The number of hydrogen-bond acceptors (Lipinski definition) is 6. The third-order valence-corrected chi connectivity index (χ3v) is 5.14. The molecule has 0 aliphatic heterocycles. The number of phenolic OH excluding ortho intramolecular Hbond substituents is 1. The number of thioether (sulfide) groups is 1. The number of carbonyl (C=O) groups is 1. The summed E-state index contributed by atoms with van der Waals surface area (Å²) in [6, 6.07) is 15.3. The third-order valence-electron chi connectivity index (χ3n) is 4.14. The molecule has 0 atom stereocenters. The Morgan fingerprint density at radius 3 is 2.28 bits per heavy atom. The van der Waals surface area contributed by atoms with Gasteiger partial charge in [-0.25, -0.2) is 9.37 Å². The Labute approximate surface area is 170 Å². The van der Waals surface area contributed by atoms with Gasteiger partial charge in [-0.1, -0.05) is 23.9 Å². The first-order chi connectivity index (χ1) is 13.9. The number of nitrogens with two attached hydrogens (primary N) is 1. The molecule has 0 radical (unpaired) electrons. The number of halogens is 1. The molecule has 0 spiro atoms. The number of anilines is 1. The summed E-state index contributed by atoms with van der Waals surface area (Å²) in [5.41, 5.74) is 7.44. The standard InChI is InChI=1S/C21H13FN4O2S/c22-14-5-1-12(2-6-14)18(28)11-29-21-17(10-24)19(16(9-23)20(25)26-21)13-3-7-15(27)8-4-13/h1-8,27H,11H2,(H2,25,26)/p+1. The van der Waals surface area contributed by atoms with E-state index >= 15 is 0 Å². The van der Waals surface area contributed by atoms with E-state index in [0.29, 0.717) is 21.7 Å². The lowest BCUT2D eigenvalue weighted by Crippen LogP contribution is -2.19. The van der Waals surface area contributed by atoms with Gasteiger partial charge in [0.1, 0.15) is 34.8 Å². The summed E-state index contributed by atoms with van der Waals surface area (Å²) in [7, 11) is 0. The molecule has 0 unspecified atom stereocenters. The van der Waals surface area contributed by atoms with Crippen molar-refractivity contribution < 1.29 is 19.3 Å². The maximum absolute atomic E-state index is 13.0. The second kappa shape index (κ2) is 8.42. The summed E-state index contributed by atoms with van der Waals surface area (Å²) in [5.74, 6) is -0.599. The fourth-order valence-corrected chi connectivity index (χ4v) is 3.64. The van der Waals surface area contributed by atoms with Gasteiger partial charge in [0.05, 0.1) is 5.75 Å². The molecule has 4 N–H and O–H groups in total. The minimum absolute atomic E-state index is 0.0167. The van der Waals surface area contributed by atoms with Crippen LogP contribution in [0, 0.1) is 28.5 Å². The van der Waals surface area contributed by atoms with Gasteiger partial charge in [0.2, 0.25) is 0 Å². The Kier molecular flexibility index (Phi) is 5.77. The molecule has 1 heterocycles. The van der Waals surface area contributed by atoms with Crippen LogP contribution in [0.3, 0.4) is 0 Å². The van der Waals surface area contributed by atoms with Crippen LogP contribution < -0.4 is 10.7 Å². The van der Waals surface area contributed by atoms with Crippen LogP contribution in [0.25, 0.3) is 11.1 Å². The maximum atomic E-state index is 13.0. The van der Waals surface area contributed by atoms with E-state index < -0.39 is 5.82 Å². The lowest BCUT2D eigenvalue weighted by molar-refractivity contribution is -0.410. The van der Waals surface area contributed by atoms with E-state index in [1.54, 1.807) is 12.1 Å². The number of Topliss-reactive ketones (excluding diaryl/α,β-unsaturated/α-hetero) is 1. The first-order valence-electron chi connectivity index (χ1n) is 8.34. The molecule has 3 aromatic rings. The number of pyridine rings is 1. The van der Waals surface area contributed by atoms with Crippen molar-refractivity contribution in [2.75, 3.05) is 11.5 Å². The predicted molar refractivity (Wildman–Crippen MR) is 105 cm³/mol. The quantitative estimate of drug-likeness (QED) is 0.495. The van der Waals surface area contributed by atoms with Crippen molar-refractivity contribution in [2.45, 2.75) is 5.03 Å². The number of nitrogens with zero attached hydrogens (tertiary/aromatic N) is 2. The first kappa shape index (κ1) is 19.9. The SMILES string of the molecule is N#Cc1c(N)[nH+]c(SCC(=O)c2ccc(F)cc2)c(C#N)c1-c1ccc(O)cc1. The maximum Gasteiger partial charge on any atom is 0.289 e. The van der Waals surface area contributed by atoms with Crippen LogP contribution in [-0.2, 0) is 0 Å². The van der Waals surface area contributed by atoms with E-state index in [1.165, 1.54) is 36.4 Å². The molecule has 0 aliphatic carbocycles. The molecule has 0 saturated heterocycles. The lowest BCUT2D eigenvalue weighted by Gasteiger charge is -2.10. The number of phenols is 1. The van der Waals surface area contributed by atoms with Crippen molar-refractivity contribution >= 4 is 23.4 Å². The van der Waals surface area contributed by atoms with E-state index in [0.717, 1.165) is 11.8 Å². The number of nitriles is 2. The highest BCUT2D eigenvalue weighted by Crippen LogP contribution is 2.34. The highest BCUT2D eigenvalue weighted by atomic mass is 32.2. The number of H-pyrrole nitrogens is 1. The highest BCUT2D eigenvalue weighted by Gasteiger charge is 2.24. The number of aromatic amines is 1. The predicted octanol–water partition coefficient (Wildman–Crippen LogP) is 3.31. The van der Waals surface area contributed by atoms with Crippen molar-refractivity contribution in [3.05, 3.63) is 71.0 Å². The number of carbonyl (C=O) groups excluding carboxylic acids is 1. The number of hydrogen-bond donors (Lipinski definition) is 2. The Morgan fingerprint density at radius 2 is 1.69 bits per heavy atom. The highest BCUT2D eigenvalue weighted by molar-refractivity contribution is 7.99. The Hall–Kier alpha value is -3.88. The zero-order valence-electron chi connectivity index (χ0n) is 14.9. The van der Waals surface area contributed by atoms with E-state index in [4.69, 9.17) is 5.73 Å². The fraction of sp³-hybridized carbons (Fsp3) is 0.0476. The molecule has 0 aliphatic rings. The zero-order valence-corrected chi connectivity index (χ0v) is 15.8. The molecule has 0 amide bonds. The van der Waals surface area contributed by atoms with Crippen molar-refractivity contribution in [1.82, 2.24) is 0 Å². The molecule has 142 valence electrons. The van der Waals surface area contributed by atoms with Crippen LogP contribution in [0.1, 0.15) is 21.5 Å². The number of rotatable bonds is 5. The second-order valence-corrected chi connectivity index (χ2v) is 6.97. The first-order valence-corrected chi connectivity index (χ1v) is 9.33. The van der Waals surface area contributed by atoms with Crippen LogP contribution in [-0.4, -0.2) is 16.6 Å². The van der Waals surface area contributed by atoms with E-state index in [9.17, 15) is 24.8 Å². The van der Waals surface area contributed by atoms with E-state index in [2.05, 4.69) is 11.1 Å². The van der Waals surface area contributed by atoms with Gasteiger partial charge < -0.3 is 5.11 Å². The summed E-state index contributed by atoms with van der Waals surface area (Å²) in [6.07, 6.45) is 0. The molecule has 29 heavy (non-hydrogen) atoms. The smallest absolute Gasteiger partial charge is 0.289 e. The number of ketones is 1.